The van der Waals surface area contributed by atoms with Gasteiger partial charge in [0.15, 0.2) is 0 Å². The summed E-state index contributed by atoms with van der Waals surface area (Å²) in [6.07, 6.45) is 1.58. The van der Waals surface area contributed by atoms with E-state index in [4.69, 9.17) is 0 Å². The molecule has 0 saturated heterocycles. The number of benzene rings is 1. The molecular formula is C9H7BrFN3O. The third kappa shape index (κ3) is 2.33. The Morgan fingerprint density at radius 2 is 2.07 bits per heavy atom. The van der Waals surface area contributed by atoms with Crippen molar-refractivity contribution in [3.8, 4) is 11.4 Å². The molecule has 0 fully saturated rings. The van der Waals surface area contributed by atoms with Crippen molar-refractivity contribution in [3.63, 3.8) is 0 Å². The van der Waals surface area contributed by atoms with E-state index < -0.39 is 6.86 Å². The van der Waals surface area contributed by atoms with Gasteiger partial charge < -0.3 is 4.74 Å². The van der Waals surface area contributed by atoms with Gasteiger partial charge in [-0.2, -0.15) is 0 Å². The van der Waals surface area contributed by atoms with Crippen molar-refractivity contribution in [1.29, 1.82) is 0 Å². The Labute approximate surface area is 93.8 Å². The average molecular weight is 272 g/mol. The fourth-order valence-corrected chi connectivity index (χ4v) is 1.39. The summed E-state index contributed by atoms with van der Waals surface area (Å²) in [4.78, 5) is 3.93. The van der Waals surface area contributed by atoms with Gasteiger partial charge in [-0.15, -0.1) is 5.10 Å². The molecular weight excluding hydrogens is 265 g/mol. The fourth-order valence-electron chi connectivity index (χ4n) is 1.13. The Morgan fingerprint density at radius 3 is 2.60 bits per heavy atom. The molecule has 1 heterocycles. The van der Waals surface area contributed by atoms with Gasteiger partial charge in [0.2, 0.25) is 11.6 Å². The van der Waals surface area contributed by atoms with Crippen molar-refractivity contribution in [1.82, 2.24) is 14.8 Å². The zero-order chi connectivity index (χ0) is 10.7. The van der Waals surface area contributed by atoms with Crippen molar-refractivity contribution in [2.75, 3.05) is 6.86 Å². The topological polar surface area (TPSA) is 39.9 Å². The third-order valence-corrected chi connectivity index (χ3v) is 2.15. The molecule has 2 rings (SSSR count). The molecule has 0 spiro atoms. The van der Waals surface area contributed by atoms with Crippen molar-refractivity contribution in [2.45, 2.75) is 0 Å². The van der Waals surface area contributed by atoms with E-state index in [2.05, 4.69) is 30.7 Å². The van der Waals surface area contributed by atoms with E-state index in [9.17, 15) is 4.39 Å². The lowest BCUT2D eigenvalue weighted by molar-refractivity contribution is 0.192. The predicted molar refractivity (Wildman–Crippen MR) is 55.7 cm³/mol. The van der Waals surface area contributed by atoms with Crippen molar-refractivity contribution in [2.24, 2.45) is 0 Å². The number of hydrogen-bond acceptors (Lipinski definition) is 3. The lowest BCUT2D eigenvalue weighted by Gasteiger charge is -2.02. The molecule has 0 aliphatic rings. The molecule has 0 saturated carbocycles. The smallest absolute Gasteiger partial charge is 0.228 e. The molecule has 78 valence electrons. The van der Waals surface area contributed by atoms with Gasteiger partial charge >= 0.3 is 0 Å². The molecule has 6 heteroatoms. The lowest BCUT2D eigenvalue weighted by atomic mass is 10.3. The fraction of sp³-hybridized carbons (Fsp3) is 0.111. The molecule has 2 aromatic rings. The van der Waals surface area contributed by atoms with E-state index in [-0.39, 0.29) is 0 Å². The minimum Gasteiger partial charge on any atom is -0.463 e. The summed E-state index contributed by atoms with van der Waals surface area (Å²) in [5, 5.41) is 4.06. The number of nitrogens with zero attached hydrogens (tertiary/aromatic N) is 3. The summed E-state index contributed by atoms with van der Waals surface area (Å²) >= 11 is 3.15. The summed E-state index contributed by atoms with van der Waals surface area (Å²) in [6, 6.07) is 6.88. The van der Waals surface area contributed by atoms with Crippen LogP contribution >= 0.6 is 15.9 Å². The second-order valence-corrected chi connectivity index (χ2v) is 3.41. The van der Waals surface area contributed by atoms with Crippen LogP contribution in [0.5, 0.6) is 5.75 Å². The summed E-state index contributed by atoms with van der Waals surface area (Å²) in [7, 11) is 0. The summed E-state index contributed by atoms with van der Waals surface area (Å²) in [5.74, 6) is 0.487. The first-order valence-corrected chi connectivity index (χ1v) is 4.95. The monoisotopic (exact) mass is 271 g/mol. The molecule has 0 bridgehead atoms. The molecule has 1 aromatic heterocycles. The van der Waals surface area contributed by atoms with Crippen LogP contribution < -0.4 is 4.74 Å². The molecule has 1 aromatic carbocycles. The van der Waals surface area contributed by atoms with Gasteiger partial charge in [-0.05, 0) is 40.2 Å². The Balaban J connectivity index is 2.23. The van der Waals surface area contributed by atoms with E-state index in [1.54, 1.807) is 35.3 Å². The predicted octanol–water partition coefficient (Wildman–Crippen LogP) is 2.34. The van der Waals surface area contributed by atoms with Gasteiger partial charge in [0.1, 0.15) is 12.1 Å². The summed E-state index contributed by atoms with van der Waals surface area (Å²) in [5.41, 5.74) is 0.833. The Hall–Kier alpha value is -1.43. The first-order chi connectivity index (χ1) is 7.29. The Kier molecular flexibility index (Phi) is 2.96. The van der Waals surface area contributed by atoms with Crippen LogP contribution in [0.3, 0.4) is 0 Å². The quantitative estimate of drug-likeness (QED) is 0.860. The van der Waals surface area contributed by atoms with Crippen molar-refractivity contribution < 1.29 is 9.13 Å². The maximum atomic E-state index is 11.8. The number of aromatic nitrogens is 3. The standard InChI is InChI=1S/C9H7BrFN3O/c10-9-12-6-14(13-9)7-1-3-8(4-2-7)15-5-11/h1-4,6H,5H2. The number of alkyl halides is 1. The van der Waals surface area contributed by atoms with Crippen LogP contribution in [-0.4, -0.2) is 21.6 Å². The highest BCUT2D eigenvalue weighted by molar-refractivity contribution is 9.10. The van der Waals surface area contributed by atoms with E-state index in [0.29, 0.717) is 10.5 Å². The van der Waals surface area contributed by atoms with E-state index in [1.165, 1.54) is 0 Å². The molecule has 0 unspecified atom stereocenters. The van der Waals surface area contributed by atoms with Crippen LogP contribution in [0.2, 0.25) is 0 Å². The molecule has 15 heavy (non-hydrogen) atoms. The molecule has 0 radical (unpaired) electrons. The maximum Gasteiger partial charge on any atom is 0.228 e. The number of hydrogen-bond donors (Lipinski definition) is 0. The zero-order valence-corrected chi connectivity index (χ0v) is 9.19. The van der Waals surface area contributed by atoms with Gasteiger partial charge in [0.05, 0.1) is 5.69 Å². The number of ether oxygens (including phenoxy) is 1. The maximum absolute atomic E-state index is 11.8. The van der Waals surface area contributed by atoms with Gasteiger partial charge in [0, 0.05) is 0 Å². The minimum atomic E-state index is -0.825. The van der Waals surface area contributed by atoms with Gasteiger partial charge in [-0.1, -0.05) is 0 Å². The van der Waals surface area contributed by atoms with E-state index in [0.717, 1.165) is 5.69 Å². The normalized spacial score (nSPS) is 10.3. The second-order valence-electron chi connectivity index (χ2n) is 2.71. The average Bonchev–Trinajstić information content (AvgIpc) is 2.67. The molecule has 0 N–H and O–H groups in total. The Bertz CT molecular complexity index is 443. The Morgan fingerprint density at radius 1 is 1.33 bits per heavy atom. The van der Waals surface area contributed by atoms with E-state index in [1.807, 2.05) is 0 Å². The molecule has 0 atom stereocenters. The van der Waals surface area contributed by atoms with Crippen LogP contribution in [0.15, 0.2) is 35.3 Å². The van der Waals surface area contributed by atoms with Crippen molar-refractivity contribution >= 4 is 15.9 Å². The minimum absolute atomic E-state index is 0.487. The van der Waals surface area contributed by atoms with Crippen LogP contribution in [0.4, 0.5) is 4.39 Å². The summed E-state index contributed by atoms with van der Waals surface area (Å²) < 4.78 is 18.7. The highest BCUT2D eigenvalue weighted by Gasteiger charge is 2.00. The van der Waals surface area contributed by atoms with Gasteiger partial charge in [-0.25, -0.2) is 14.1 Å². The van der Waals surface area contributed by atoms with Crippen LogP contribution in [0.25, 0.3) is 5.69 Å². The molecule has 0 amide bonds. The number of rotatable bonds is 3. The van der Waals surface area contributed by atoms with Gasteiger partial charge in [-0.3, -0.25) is 0 Å². The third-order valence-electron chi connectivity index (χ3n) is 1.79. The van der Waals surface area contributed by atoms with Crippen molar-refractivity contribution in [3.05, 3.63) is 35.3 Å². The zero-order valence-electron chi connectivity index (χ0n) is 7.60. The lowest BCUT2D eigenvalue weighted by Crippen LogP contribution is -1.95. The first kappa shape index (κ1) is 10.1. The first-order valence-electron chi connectivity index (χ1n) is 4.16. The summed E-state index contributed by atoms with van der Waals surface area (Å²) in [6.45, 7) is -0.825. The van der Waals surface area contributed by atoms with Crippen LogP contribution in [0.1, 0.15) is 0 Å². The largest absolute Gasteiger partial charge is 0.463 e. The highest BCUT2D eigenvalue weighted by atomic mass is 79.9. The van der Waals surface area contributed by atoms with Crippen LogP contribution in [-0.2, 0) is 0 Å². The SMILES string of the molecule is FCOc1ccc(-n2cnc(Br)n2)cc1. The highest BCUT2D eigenvalue weighted by Crippen LogP contribution is 2.15. The molecule has 0 aliphatic heterocycles. The van der Waals surface area contributed by atoms with E-state index >= 15 is 0 Å². The van der Waals surface area contributed by atoms with Gasteiger partial charge in [0.25, 0.3) is 0 Å². The molecule has 0 aliphatic carbocycles. The second kappa shape index (κ2) is 4.39. The van der Waals surface area contributed by atoms with Crippen LogP contribution in [0, 0.1) is 0 Å². The number of halogens is 2. The molecule has 4 nitrogen and oxygen atoms in total.